The van der Waals surface area contributed by atoms with Gasteiger partial charge < -0.3 is 9.47 Å². The zero-order chi connectivity index (χ0) is 20.1. The first-order chi connectivity index (χ1) is 13.4. The number of methoxy groups -OCH3 is 1. The van der Waals surface area contributed by atoms with Gasteiger partial charge >= 0.3 is 0 Å². The Hall–Kier alpha value is -2.30. The highest BCUT2D eigenvalue weighted by Gasteiger charge is 2.23. The average Bonchev–Trinajstić information content (AvgIpc) is 3.14. The van der Waals surface area contributed by atoms with Crippen LogP contribution in [0.1, 0.15) is 0 Å². The third-order valence-corrected chi connectivity index (χ3v) is 5.80. The highest BCUT2D eigenvalue weighted by Crippen LogP contribution is 2.36. The van der Waals surface area contributed by atoms with Crippen molar-refractivity contribution in [3.8, 4) is 11.5 Å². The molecule has 8 nitrogen and oxygen atoms in total. The van der Waals surface area contributed by atoms with Gasteiger partial charge in [0.1, 0.15) is 29.9 Å². The Morgan fingerprint density at radius 2 is 2.11 bits per heavy atom. The molecule has 0 aliphatic heterocycles. The minimum atomic E-state index is -3.94. The number of sulfonamides is 1. The highest BCUT2D eigenvalue weighted by atomic mass is 79.9. The van der Waals surface area contributed by atoms with Crippen molar-refractivity contribution in [3.05, 3.63) is 58.5 Å². The van der Waals surface area contributed by atoms with Gasteiger partial charge in [0.25, 0.3) is 10.0 Å². The van der Waals surface area contributed by atoms with Crippen LogP contribution in [0.15, 0.2) is 58.4 Å². The number of hydrogen-bond acceptors (Lipinski definition) is 6. The summed E-state index contributed by atoms with van der Waals surface area (Å²) >= 11 is 9.26. The lowest BCUT2D eigenvalue weighted by Gasteiger charge is -2.14. The molecule has 0 saturated carbocycles. The smallest absolute Gasteiger partial charge is 0.265 e. The fourth-order valence-electron chi connectivity index (χ4n) is 2.40. The van der Waals surface area contributed by atoms with Crippen molar-refractivity contribution < 1.29 is 17.9 Å². The van der Waals surface area contributed by atoms with Gasteiger partial charge in [0.15, 0.2) is 5.75 Å². The second-order valence-electron chi connectivity index (χ2n) is 5.56. The standard InChI is InChI=1S/C17H16BrClN4O4S/c1-26-17-15(18)7-12(19)8-16(17)28(24,25)22-13-3-2-4-14(9-13)27-6-5-23-11-20-10-21-23/h2-4,7-11,22H,5-6H2,1H3. The maximum atomic E-state index is 12.8. The molecule has 0 saturated heterocycles. The number of nitrogens with one attached hydrogen (secondary N) is 1. The number of rotatable bonds is 8. The van der Waals surface area contributed by atoms with E-state index in [0.29, 0.717) is 29.1 Å². The van der Waals surface area contributed by atoms with Crippen molar-refractivity contribution in [3.63, 3.8) is 0 Å². The monoisotopic (exact) mass is 486 g/mol. The maximum absolute atomic E-state index is 12.8. The molecule has 11 heteroatoms. The van der Waals surface area contributed by atoms with E-state index < -0.39 is 10.0 Å². The first-order valence-corrected chi connectivity index (χ1v) is 10.7. The Morgan fingerprint density at radius 3 is 2.82 bits per heavy atom. The summed E-state index contributed by atoms with van der Waals surface area (Å²) in [6, 6.07) is 9.51. The summed E-state index contributed by atoms with van der Waals surface area (Å²) in [4.78, 5) is 3.78. The SMILES string of the molecule is COc1c(Br)cc(Cl)cc1S(=O)(=O)Nc1cccc(OCCn2cncn2)c1. The highest BCUT2D eigenvalue weighted by molar-refractivity contribution is 9.10. The molecule has 0 radical (unpaired) electrons. The lowest BCUT2D eigenvalue weighted by molar-refractivity contribution is 0.291. The third kappa shape index (κ3) is 4.94. The molecular weight excluding hydrogens is 472 g/mol. The van der Waals surface area contributed by atoms with Gasteiger partial charge in [0, 0.05) is 11.1 Å². The number of anilines is 1. The number of halogens is 2. The Bertz CT molecular complexity index is 1060. The first kappa shape index (κ1) is 20.4. The van der Waals surface area contributed by atoms with Crippen LogP contribution in [0.5, 0.6) is 11.5 Å². The van der Waals surface area contributed by atoms with Crippen LogP contribution in [-0.4, -0.2) is 36.9 Å². The lowest BCUT2D eigenvalue weighted by atomic mass is 10.3. The molecule has 0 atom stereocenters. The van der Waals surface area contributed by atoms with Crippen LogP contribution in [0, 0.1) is 0 Å². The van der Waals surface area contributed by atoms with E-state index in [9.17, 15) is 8.42 Å². The van der Waals surface area contributed by atoms with Crippen LogP contribution in [0.3, 0.4) is 0 Å². The van der Waals surface area contributed by atoms with Gasteiger partial charge in [0.2, 0.25) is 0 Å². The van der Waals surface area contributed by atoms with E-state index in [1.165, 1.54) is 19.5 Å². The summed E-state index contributed by atoms with van der Waals surface area (Å²) in [5, 5.41) is 4.25. The van der Waals surface area contributed by atoms with Crippen LogP contribution in [0.4, 0.5) is 5.69 Å². The number of nitrogens with zero attached hydrogens (tertiary/aromatic N) is 3. The van der Waals surface area contributed by atoms with Gasteiger partial charge in [-0.15, -0.1) is 0 Å². The molecular formula is C17H16BrClN4O4S. The summed E-state index contributed by atoms with van der Waals surface area (Å²) in [6.45, 7) is 0.873. The maximum Gasteiger partial charge on any atom is 0.265 e. The first-order valence-electron chi connectivity index (χ1n) is 8.00. The zero-order valence-corrected chi connectivity index (χ0v) is 17.8. The molecule has 0 aliphatic rings. The predicted molar refractivity (Wildman–Crippen MR) is 108 cm³/mol. The summed E-state index contributed by atoms with van der Waals surface area (Å²) < 4.78 is 41.1. The Kier molecular flexibility index (Phi) is 6.42. The molecule has 3 rings (SSSR count). The van der Waals surface area contributed by atoms with Crippen LogP contribution in [0.25, 0.3) is 0 Å². The summed E-state index contributed by atoms with van der Waals surface area (Å²) in [7, 11) is -2.56. The second kappa shape index (κ2) is 8.80. The molecule has 28 heavy (non-hydrogen) atoms. The molecule has 0 aliphatic carbocycles. The van der Waals surface area contributed by atoms with Crippen molar-refractivity contribution in [2.45, 2.75) is 11.4 Å². The Morgan fingerprint density at radius 1 is 1.29 bits per heavy atom. The van der Waals surface area contributed by atoms with E-state index in [2.05, 4.69) is 30.7 Å². The van der Waals surface area contributed by atoms with Gasteiger partial charge in [-0.05, 0) is 40.2 Å². The van der Waals surface area contributed by atoms with Crippen molar-refractivity contribution in [2.75, 3.05) is 18.4 Å². The predicted octanol–water partition coefficient (Wildman–Crippen LogP) is 3.58. The topological polar surface area (TPSA) is 95.3 Å². The summed E-state index contributed by atoms with van der Waals surface area (Å²) in [6.07, 6.45) is 3.03. The van der Waals surface area contributed by atoms with E-state index in [1.54, 1.807) is 41.3 Å². The number of hydrogen-bond donors (Lipinski definition) is 1. The van der Waals surface area contributed by atoms with Crippen LogP contribution in [-0.2, 0) is 16.6 Å². The van der Waals surface area contributed by atoms with Gasteiger partial charge in [-0.2, -0.15) is 5.10 Å². The van der Waals surface area contributed by atoms with Crippen LogP contribution < -0.4 is 14.2 Å². The van der Waals surface area contributed by atoms with E-state index in [-0.39, 0.29) is 15.7 Å². The number of aromatic nitrogens is 3. The van der Waals surface area contributed by atoms with Crippen molar-refractivity contribution >= 4 is 43.2 Å². The molecule has 1 aromatic heterocycles. The molecule has 0 unspecified atom stereocenters. The van der Waals surface area contributed by atoms with Gasteiger partial charge in [-0.1, -0.05) is 17.7 Å². The average molecular weight is 488 g/mol. The molecule has 3 aromatic rings. The summed E-state index contributed by atoms with van der Waals surface area (Å²) in [5.41, 5.74) is 0.344. The van der Waals surface area contributed by atoms with Crippen molar-refractivity contribution in [2.24, 2.45) is 0 Å². The Balaban J connectivity index is 1.76. The molecule has 0 spiro atoms. The van der Waals surface area contributed by atoms with Gasteiger partial charge in [-0.3, -0.25) is 4.72 Å². The lowest BCUT2D eigenvalue weighted by Crippen LogP contribution is -2.14. The third-order valence-electron chi connectivity index (χ3n) is 3.61. The van der Waals surface area contributed by atoms with E-state index >= 15 is 0 Å². The van der Waals surface area contributed by atoms with Gasteiger partial charge in [-0.25, -0.2) is 18.1 Å². The number of ether oxygens (including phenoxy) is 2. The molecule has 1 N–H and O–H groups in total. The minimum absolute atomic E-state index is 0.0770. The van der Waals surface area contributed by atoms with Crippen molar-refractivity contribution in [1.82, 2.24) is 14.8 Å². The Labute approximate surface area is 175 Å². The van der Waals surface area contributed by atoms with Crippen molar-refractivity contribution in [1.29, 1.82) is 0 Å². The molecule has 0 fully saturated rings. The van der Waals surface area contributed by atoms with E-state index in [4.69, 9.17) is 21.1 Å². The van der Waals surface area contributed by atoms with Crippen LogP contribution >= 0.6 is 27.5 Å². The molecule has 148 valence electrons. The van der Waals surface area contributed by atoms with E-state index in [0.717, 1.165) is 0 Å². The van der Waals surface area contributed by atoms with Crippen LogP contribution in [0.2, 0.25) is 5.02 Å². The molecule has 0 bridgehead atoms. The fraction of sp³-hybridized carbons (Fsp3) is 0.176. The van der Waals surface area contributed by atoms with Gasteiger partial charge in [0.05, 0.1) is 23.8 Å². The molecule has 0 amide bonds. The normalized spacial score (nSPS) is 11.2. The molecule has 2 aromatic carbocycles. The minimum Gasteiger partial charge on any atom is -0.494 e. The quantitative estimate of drug-likeness (QED) is 0.522. The number of benzene rings is 2. The second-order valence-corrected chi connectivity index (χ2v) is 8.50. The van der Waals surface area contributed by atoms with E-state index in [1.807, 2.05) is 0 Å². The summed E-state index contributed by atoms with van der Waals surface area (Å²) in [5.74, 6) is 0.677. The molecule has 1 heterocycles. The zero-order valence-electron chi connectivity index (χ0n) is 14.7. The fourth-order valence-corrected chi connectivity index (χ4v) is 4.83. The largest absolute Gasteiger partial charge is 0.494 e.